The van der Waals surface area contributed by atoms with E-state index in [2.05, 4.69) is 26.2 Å². The van der Waals surface area contributed by atoms with Crippen LogP contribution in [0, 0.1) is 11.3 Å². The summed E-state index contributed by atoms with van der Waals surface area (Å²) in [6.45, 7) is 6.02. The van der Waals surface area contributed by atoms with E-state index in [0.717, 1.165) is 5.92 Å². The van der Waals surface area contributed by atoms with E-state index in [9.17, 15) is 0 Å². The molecule has 1 unspecified atom stereocenters. The van der Waals surface area contributed by atoms with Crippen molar-refractivity contribution in [3.63, 3.8) is 0 Å². The van der Waals surface area contributed by atoms with E-state index in [-0.39, 0.29) is 0 Å². The van der Waals surface area contributed by atoms with Crippen LogP contribution in [0.3, 0.4) is 0 Å². The summed E-state index contributed by atoms with van der Waals surface area (Å²) in [4.78, 5) is 0. The molecule has 1 aliphatic carbocycles. The van der Waals surface area contributed by atoms with Gasteiger partial charge in [-0.15, -0.1) is 0 Å². The van der Waals surface area contributed by atoms with Gasteiger partial charge in [0, 0.05) is 6.54 Å². The van der Waals surface area contributed by atoms with Crippen molar-refractivity contribution in [3.05, 3.63) is 0 Å². The Bertz CT molecular complexity index is 133. The predicted molar refractivity (Wildman–Crippen MR) is 54.3 cm³/mol. The van der Waals surface area contributed by atoms with Crippen LogP contribution in [0.25, 0.3) is 0 Å². The molecule has 1 N–H and O–H groups in total. The minimum atomic E-state index is 0.583. The summed E-state index contributed by atoms with van der Waals surface area (Å²) in [5, 5.41) is 3.32. The maximum Gasteiger partial charge on any atom is 0.000216 e. The molecule has 0 bridgehead atoms. The van der Waals surface area contributed by atoms with Gasteiger partial charge < -0.3 is 5.32 Å². The topological polar surface area (TPSA) is 12.0 Å². The first kappa shape index (κ1) is 10.0. The second kappa shape index (κ2) is 4.27. The smallest absolute Gasteiger partial charge is 0.000216 e. The summed E-state index contributed by atoms with van der Waals surface area (Å²) in [6.07, 6.45) is 7.13. The van der Waals surface area contributed by atoms with Crippen molar-refractivity contribution in [2.45, 2.75) is 46.0 Å². The molecule has 0 radical (unpaired) electrons. The third kappa shape index (κ3) is 2.78. The first-order valence-corrected chi connectivity index (χ1v) is 5.31. The number of nitrogens with one attached hydrogen (secondary N) is 1. The first-order chi connectivity index (χ1) is 5.66. The van der Waals surface area contributed by atoms with Crippen LogP contribution in [0.1, 0.15) is 46.0 Å². The number of rotatable bonds is 2. The minimum Gasteiger partial charge on any atom is -0.319 e. The Morgan fingerprint density at radius 3 is 2.75 bits per heavy atom. The van der Waals surface area contributed by atoms with Gasteiger partial charge in [-0.2, -0.15) is 0 Å². The number of hydrogen-bond acceptors (Lipinski definition) is 1. The third-order valence-electron chi connectivity index (χ3n) is 3.32. The highest BCUT2D eigenvalue weighted by atomic mass is 14.8. The lowest BCUT2D eigenvalue weighted by Gasteiger charge is -2.27. The average molecular weight is 169 g/mol. The van der Waals surface area contributed by atoms with Crippen LogP contribution in [0.5, 0.6) is 0 Å². The van der Waals surface area contributed by atoms with Gasteiger partial charge in [-0.3, -0.25) is 0 Å². The highest BCUT2D eigenvalue weighted by Crippen LogP contribution is 2.35. The van der Waals surface area contributed by atoms with Gasteiger partial charge in [0.2, 0.25) is 0 Å². The van der Waals surface area contributed by atoms with Crippen LogP contribution in [-0.2, 0) is 0 Å². The molecule has 0 amide bonds. The van der Waals surface area contributed by atoms with Gasteiger partial charge in [0.1, 0.15) is 0 Å². The van der Waals surface area contributed by atoms with E-state index >= 15 is 0 Å². The summed E-state index contributed by atoms with van der Waals surface area (Å²) >= 11 is 0. The van der Waals surface area contributed by atoms with E-state index in [4.69, 9.17) is 0 Å². The molecular weight excluding hydrogens is 146 g/mol. The van der Waals surface area contributed by atoms with Crippen LogP contribution < -0.4 is 5.32 Å². The molecule has 0 saturated heterocycles. The van der Waals surface area contributed by atoms with Crippen LogP contribution in [0.15, 0.2) is 0 Å². The molecule has 0 aromatic carbocycles. The molecule has 0 spiro atoms. The van der Waals surface area contributed by atoms with E-state index in [1.54, 1.807) is 0 Å². The molecule has 72 valence electrons. The molecule has 1 rings (SSSR count). The summed E-state index contributed by atoms with van der Waals surface area (Å²) in [7, 11) is 2.07. The molecule has 1 nitrogen and oxygen atoms in total. The van der Waals surface area contributed by atoms with Crippen LogP contribution in [-0.4, -0.2) is 13.6 Å². The van der Waals surface area contributed by atoms with Crippen molar-refractivity contribution in [2.75, 3.05) is 13.6 Å². The molecular formula is C11H23N. The summed E-state index contributed by atoms with van der Waals surface area (Å²) in [6, 6.07) is 0. The average Bonchev–Trinajstić information content (AvgIpc) is 2.15. The maximum absolute atomic E-state index is 3.32. The van der Waals surface area contributed by atoms with Crippen molar-refractivity contribution in [3.8, 4) is 0 Å². The lowest BCUT2D eigenvalue weighted by molar-refractivity contribution is 0.267. The van der Waals surface area contributed by atoms with Crippen molar-refractivity contribution in [1.82, 2.24) is 5.32 Å². The highest BCUT2D eigenvalue weighted by Gasteiger charge is 2.26. The Morgan fingerprint density at radius 2 is 2.08 bits per heavy atom. The second-order valence-electron chi connectivity index (χ2n) is 4.88. The molecule has 0 aromatic heterocycles. The minimum absolute atomic E-state index is 0.583. The fourth-order valence-corrected chi connectivity index (χ4v) is 2.35. The predicted octanol–water partition coefficient (Wildman–Crippen LogP) is 2.81. The summed E-state index contributed by atoms with van der Waals surface area (Å²) in [5.41, 5.74) is 0.583. The van der Waals surface area contributed by atoms with Crippen molar-refractivity contribution in [1.29, 1.82) is 0 Å². The van der Waals surface area contributed by atoms with Gasteiger partial charge in [0.15, 0.2) is 0 Å². The zero-order valence-electron chi connectivity index (χ0n) is 8.82. The van der Waals surface area contributed by atoms with Crippen LogP contribution in [0.4, 0.5) is 0 Å². The molecule has 0 aromatic rings. The molecule has 2 atom stereocenters. The van der Waals surface area contributed by atoms with Gasteiger partial charge >= 0.3 is 0 Å². The molecule has 1 aliphatic rings. The first-order valence-electron chi connectivity index (χ1n) is 5.31. The zero-order valence-corrected chi connectivity index (χ0v) is 8.82. The monoisotopic (exact) mass is 169 g/mol. The zero-order chi connectivity index (χ0) is 9.03. The Labute approximate surface area is 76.9 Å². The second-order valence-corrected chi connectivity index (χ2v) is 4.88. The van der Waals surface area contributed by atoms with E-state index in [1.807, 2.05) is 0 Å². The van der Waals surface area contributed by atoms with Gasteiger partial charge in [-0.05, 0) is 31.2 Å². The Morgan fingerprint density at radius 1 is 1.33 bits per heavy atom. The Hall–Kier alpha value is -0.0400. The van der Waals surface area contributed by atoms with E-state index in [0.29, 0.717) is 5.41 Å². The molecule has 12 heavy (non-hydrogen) atoms. The Balaban J connectivity index is 2.43. The molecule has 1 saturated carbocycles. The molecule has 1 fully saturated rings. The largest absolute Gasteiger partial charge is 0.319 e. The normalized spacial score (nSPS) is 37.8. The van der Waals surface area contributed by atoms with Gasteiger partial charge in [0.05, 0.1) is 0 Å². The van der Waals surface area contributed by atoms with Crippen LogP contribution >= 0.6 is 0 Å². The van der Waals surface area contributed by atoms with Gasteiger partial charge in [-0.25, -0.2) is 0 Å². The number of hydrogen-bond donors (Lipinski definition) is 1. The van der Waals surface area contributed by atoms with E-state index < -0.39 is 0 Å². The molecule has 1 heteroatoms. The molecule has 0 heterocycles. The third-order valence-corrected chi connectivity index (χ3v) is 3.32. The standard InChI is InChI=1S/C11H23N/c1-10-5-4-7-11(2,8-6-10)9-12-3/h10,12H,4-9H2,1-3H3/t10-,11?/m0/s1. The molecule has 0 aliphatic heterocycles. The fraction of sp³-hybridized carbons (Fsp3) is 1.00. The summed E-state index contributed by atoms with van der Waals surface area (Å²) in [5.74, 6) is 0.962. The maximum atomic E-state index is 3.32. The lowest BCUT2D eigenvalue weighted by atomic mass is 9.82. The van der Waals surface area contributed by atoms with Crippen molar-refractivity contribution < 1.29 is 0 Å². The SMILES string of the molecule is CNCC1(C)CCC[C@H](C)CC1. The van der Waals surface area contributed by atoms with Crippen LogP contribution in [0.2, 0.25) is 0 Å². The van der Waals surface area contributed by atoms with Crippen molar-refractivity contribution in [2.24, 2.45) is 11.3 Å². The quantitative estimate of drug-likeness (QED) is 0.627. The van der Waals surface area contributed by atoms with Gasteiger partial charge in [0.25, 0.3) is 0 Å². The van der Waals surface area contributed by atoms with Gasteiger partial charge in [-0.1, -0.05) is 33.1 Å². The summed E-state index contributed by atoms with van der Waals surface area (Å²) < 4.78 is 0. The van der Waals surface area contributed by atoms with E-state index in [1.165, 1.54) is 38.6 Å². The highest BCUT2D eigenvalue weighted by molar-refractivity contribution is 4.80. The fourth-order valence-electron chi connectivity index (χ4n) is 2.35. The van der Waals surface area contributed by atoms with Crippen molar-refractivity contribution >= 4 is 0 Å². The Kier molecular flexibility index (Phi) is 3.57. The lowest BCUT2D eigenvalue weighted by Crippen LogP contribution is -2.29.